The molecule has 0 aliphatic carbocycles. The first-order valence-corrected chi connectivity index (χ1v) is 6.71. The molecule has 0 atom stereocenters. The molecule has 0 aliphatic rings. The lowest BCUT2D eigenvalue weighted by Gasteiger charge is -2.10. The molecule has 5 heteroatoms. The molecule has 0 aromatic heterocycles. The predicted octanol–water partition coefficient (Wildman–Crippen LogP) is 4.37. The molecule has 0 unspecified atom stereocenters. The number of benzene rings is 2. The van der Waals surface area contributed by atoms with Crippen molar-refractivity contribution in [3.63, 3.8) is 0 Å². The van der Waals surface area contributed by atoms with Crippen molar-refractivity contribution in [1.29, 1.82) is 0 Å². The summed E-state index contributed by atoms with van der Waals surface area (Å²) < 4.78 is 0.544. The van der Waals surface area contributed by atoms with Crippen molar-refractivity contribution in [2.75, 3.05) is 5.32 Å². The van der Waals surface area contributed by atoms with Crippen LogP contribution in [0.25, 0.3) is 0 Å². The second-order valence-electron chi connectivity index (χ2n) is 4.03. The summed E-state index contributed by atoms with van der Waals surface area (Å²) in [6, 6.07) is 9.95. The molecule has 2 N–H and O–H groups in total. The molecule has 0 saturated carbocycles. The van der Waals surface area contributed by atoms with E-state index in [-0.39, 0.29) is 11.7 Å². The average molecular weight is 341 g/mol. The Hall–Kier alpha value is -1.52. The Labute approximate surface area is 124 Å². The zero-order chi connectivity index (χ0) is 14.0. The van der Waals surface area contributed by atoms with Gasteiger partial charge in [-0.2, -0.15) is 0 Å². The van der Waals surface area contributed by atoms with Crippen LogP contribution in [0.1, 0.15) is 15.9 Å². The maximum Gasteiger partial charge on any atom is 0.255 e. The molecular formula is C14H11BrClNO2. The first kappa shape index (κ1) is 13.9. The minimum atomic E-state index is -0.298. The topological polar surface area (TPSA) is 49.3 Å². The fraction of sp³-hybridized carbons (Fsp3) is 0.0714. The van der Waals surface area contributed by atoms with Crippen LogP contribution in [0.5, 0.6) is 5.75 Å². The maximum atomic E-state index is 12.1. The highest BCUT2D eigenvalue weighted by molar-refractivity contribution is 9.10. The summed E-state index contributed by atoms with van der Waals surface area (Å²) in [5.74, 6) is -0.274. The Morgan fingerprint density at radius 3 is 2.74 bits per heavy atom. The van der Waals surface area contributed by atoms with Gasteiger partial charge >= 0.3 is 0 Å². The van der Waals surface area contributed by atoms with Gasteiger partial charge in [0.1, 0.15) is 5.75 Å². The van der Waals surface area contributed by atoms with Crippen molar-refractivity contribution >= 4 is 39.1 Å². The van der Waals surface area contributed by atoms with Gasteiger partial charge in [-0.1, -0.05) is 17.7 Å². The van der Waals surface area contributed by atoms with E-state index in [1.807, 2.05) is 6.92 Å². The minimum Gasteiger partial charge on any atom is -0.507 e. The van der Waals surface area contributed by atoms with Gasteiger partial charge in [0.25, 0.3) is 5.91 Å². The van der Waals surface area contributed by atoms with E-state index in [1.54, 1.807) is 30.3 Å². The third-order valence-electron chi connectivity index (χ3n) is 2.72. The minimum absolute atomic E-state index is 0.0236. The summed E-state index contributed by atoms with van der Waals surface area (Å²) in [4.78, 5) is 12.1. The van der Waals surface area contributed by atoms with Crippen molar-refractivity contribution in [1.82, 2.24) is 0 Å². The molecule has 98 valence electrons. The Balaban J connectivity index is 2.26. The molecule has 19 heavy (non-hydrogen) atoms. The molecular weight excluding hydrogens is 330 g/mol. The molecule has 0 aliphatic heterocycles. The third-order valence-corrected chi connectivity index (χ3v) is 3.80. The van der Waals surface area contributed by atoms with Crippen LogP contribution in [0.2, 0.25) is 5.02 Å². The van der Waals surface area contributed by atoms with Crippen molar-refractivity contribution in [2.24, 2.45) is 0 Å². The van der Waals surface area contributed by atoms with Crippen molar-refractivity contribution in [3.05, 3.63) is 57.0 Å². The van der Waals surface area contributed by atoms with E-state index in [4.69, 9.17) is 11.6 Å². The number of hydrogen-bond donors (Lipinski definition) is 2. The number of nitrogens with one attached hydrogen (secondary N) is 1. The number of hydrogen-bond acceptors (Lipinski definition) is 2. The zero-order valence-electron chi connectivity index (χ0n) is 10.1. The van der Waals surface area contributed by atoms with E-state index >= 15 is 0 Å². The van der Waals surface area contributed by atoms with Crippen LogP contribution in [-0.2, 0) is 0 Å². The fourth-order valence-electron chi connectivity index (χ4n) is 1.59. The Morgan fingerprint density at radius 1 is 1.32 bits per heavy atom. The van der Waals surface area contributed by atoms with Crippen molar-refractivity contribution < 1.29 is 9.90 Å². The molecule has 3 nitrogen and oxygen atoms in total. The average Bonchev–Trinajstić information content (AvgIpc) is 2.38. The van der Waals surface area contributed by atoms with E-state index in [2.05, 4.69) is 21.2 Å². The fourth-order valence-corrected chi connectivity index (χ4v) is 2.01. The van der Waals surface area contributed by atoms with E-state index in [1.165, 1.54) is 6.07 Å². The summed E-state index contributed by atoms with van der Waals surface area (Å²) >= 11 is 9.16. The number of aromatic hydroxyl groups is 1. The smallest absolute Gasteiger partial charge is 0.255 e. The van der Waals surface area contributed by atoms with Crippen LogP contribution in [0.15, 0.2) is 40.9 Å². The summed E-state index contributed by atoms with van der Waals surface area (Å²) in [6.07, 6.45) is 0. The number of phenolic OH excluding ortho intramolecular Hbond substituents is 1. The molecule has 0 spiro atoms. The zero-order valence-corrected chi connectivity index (χ0v) is 12.4. The van der Waals surface area contributed by atoms with Crippen molar-refractivity contribution in [3.8, 4) is 5.75 Å². The standard InChI is InChI=1S/C14H11BrClNO2/c1-8-11(16)3-2-4-12(8)17-14(19)9-5-6-10(15)13(18)7-9/h2-7,18H,1H3,(H,17,19). The first-order chi connectivity index (χ1) is 8.99. The largest absolute Gasteiger partial charge is 0.507 e. The predicted molar refractivity (Wildman–Crippen MR) is 79.9 cm³/mol. The number of halogens is 2. The highest BCUT2D eigenvalue weighted by atomic mass is 79.9. The van der Waals surface area contributed by atoms with Gasteiger partial charge in [-0.25, -0.2) is 0 Å². The summed E-state index contributed by atoms with van der Waals surface area (Å²) in [7, 11) is 0. The molecule has 0 fully saturated rings. The van der Waals surface area contributed by atoms with Crippen LogP contribution < -0.4 is 5.32 Å². The number of amides is 1. The first-order valence-electron chi connectivity index (χ1n) is 5.54. The van der Waals surface area contributed by atoms with E-state index in [0.29, 0.717) is 20.7 Å². The molecule has 1 amide bonds. The number of anilines is 1. The number of rotatable bonds is 2. The third kappa shape index (κ3) is 3.08. The van der Waals surface area contributed by atoms with Crippen LogP contribution >= 0.6 is 27.5 Å². The van der Waals surface area contributed by atoms with Crippen LogP contribution in [0.4, 0.5) is 5.69 Å². The quantitative estimate of drug-likeness (QED) is 0.853. The van der Waals surface area contributed by atoms with E-state index < -0.39 is 0 Å². The van der Waals surface area contributed by atoms with Gasteiger partial charge in [-0.3, -0.25) is 4.79 Å². The maximum absolute atomic E-state index is 12.1. The lowest BCUT2D eigenvalue weighted by atomic mass is 10.1. The van der Waals surface area contributed by atoms with Crippen molar-refractivity contribution in [2.45, 2.75) is 6.92 Å². The van der Waals surface area contributed by atoms with E-state index in [0.717, 1.165) is 5.56 Å². The summed E-state index contributed by atoms with van der Waals surface area (Å²) in [6.45, 7) is 1.83. The Bertz CT molecular complexity index is 643. The van der Waals surface area contributed by atoms with Gasteiger partial charge in [0.2, 0.25) is 0 Å². The second kappa shape index (κ2) is 5.63. The van der Waals surface area contributed by atoms with Gasteiger partial charge in [0.15, 0.2) is 0 Å². The SMILES string of the molecule is Cc1c(Cl)cccc1NC(=O)c1ccc(Br)c(O)c1. The monoisotopic (exact) mass is 339 g/mol. The molecule has 2 aromatic carbocycles. The van der Waals surface area contributed by atoms with Crippen LogP contribution in [0, 0.1) is 6.92 Å². The van der Waals surface area contributed by atoms with Crippen LogP contribution in [0.3, 0.4) is 0 Å². The highest BCUT2D eigenvalue weighted by Crippen LogP contribution is 2.26. The van der Waals surface area contributed by atoms with Gasteiger partial charge < -0.3 is 10.4 Å². The van der Waals surface area contributed by atoms with Gasteiger partial charge in [-0.15, -0.1) is 0 Å². The molecule has 0 bridgehead atoms. The Kier molecular flexibility index (Phi) is 4.12. The lowest BCUT2D eigenvalue weighted by molar-refractivity contribution is 0.102. The van der Waals surface area contributed by atoms with Gasteiger partial charge in [0, 0.05) is 16.3 Å². The summed E-state index contributed by atoms with van der Waals surface area (Å²) in [5, 5.41) is 12.9. The number of phenols is 1. The number of carbonyl (C=O) groups is 1. The number of carbonyl (C=O) groups excluding carboxylic acids is 1. The molecule has 0 radical (unpaired) electrons. The lowest BCUT2D eigenvalue weighted by Crippen LogP contribution is -2.12. The normalized spacial score (nSPS) is 10.3. The summed E-state index contributed by atoms with van der Waals surface area (Å²) in [5.41, 5.74) is 1.83. The van der Waals surface area contributed by atoms with E-state index in [9.17, 15) is 9.90 Å². The molecule has 0 heterocycles. The Morgan fingerprint density at radius 2 is 2.05 bits per heavy atom. The molecule has 2 rings (SSSR count). The second-order valence-corrected chi connectivity index (χ2v) is 5.29. The highest BCUT2D eigenvalue weighted by Gasteiger charge is 2.10. The van der Waals surface area contributed by atoms with Crippen LogP contribution in [-0.4, -0.2) is 11.0 Å². The van der Waals surface area contributed by atoms with Gasteiger partial charge in [-0.05, 0) is 58.7 Å². The molecule has 2 aromatic rings. The van der Waals surface area contributed by atoms with Gasteiger partial charge in [0.05, 0.1) is 4.47 Å². The molecule has 0 saturated heterocycles.